The highest BCUT2D eigenvalue weighted by atomic mass is 35.5. The summed E-state index contributed by atoms with van der Waals surface area (Å²) in [7, 11) is -3.54. The predicted molar refractivity (Wildman–Crippen MR) is 66.7 cm³/mol. The Kier molecular flexibility index (Phi) is 6.11. The first kappa shape index (κ1) is 16.4. The predicted octanol–water partition coefficient (Wildman–Crippen LogP) is 0.729. The van der Waals surface area contributed by atoms with Crippen molar-refractivity contribution < 1.29 is 12.9 Å². The second-order valence-electron chi connectivity index (χ2n) is 3.82. The van der Waals surface area contributed by atoms with Gasteiger partial charge in [-0.15, -0.1) is 12.4 Å². The number of nitrogens with zero attached hydrogens (tertiary/aromatic N) is 1. The highest BCUT2D eigenvalue weighted by Gasteiger charge is 2.23. The van der Waals surface area contributed by atoms with Gasteiger partial charge in [0.05, 0.1) is 0 Å². The van der Waals surface area contributed by atoms with E-state index in [1.165, 1.54) is 0 Å². The number of sulfonamides is 1. The van der Waals surface area contributed by atoms with Crippen LogP contribution in [0.3, 0.4) is 0 Å². The van der Waals surface area contributed by atoms with Gasteiger partial charge in [0.2, 0.25) is 10.0 Å². The van der Waals surface area contributed by atoms with E-state index in [2.05, 4.69) is 9.88 Å². The van der Waals surface area contributed by atoms with Crippen LogP contribution in [-0.2, 0) is 10.0 Å². The molecule has 0 spiro atoms. The number of aromatic nitrogens is 1. The molecule has 0 amide bonds. The monoisotopic (exact) mass is 283 g/mol. The van der Waals surface area contributed by atoms with Gasteiger partial charge in [0.25, 0.3) is 0 Å². The molecule has 1 unspecified atom stereocenters. The van der Waals surface area contributed by atoms with Crippen LogP contribution in [0.25, 0.3) is 0 Å². The van der Waals surface area contributed by atoms with Crippen molar-refractivity contribution in [2.24, 2.45) is 5.73 Å². The topological polar surface area (TPSA) is 98.2 Å². The van der Waals surface area contributed by atoms with Gasteiger partial charge in [-0.25, -0.2) is 13.1 Å². The SMILES string of the molecule is Cc1noc(C)c1S(=O)(=O)NCCC(C)N.Cl. The summed E-state index contributed by atoms with van der Waals surface area (Å²) in [6.07, 6.45) is 0.586. The van der Waals surface area contributed by atoms with Crippen molar-refractivity contribution in [1.82, 2.24) is 9.88 Å². The summed E-state index contributed by atoms with van der Waals surface area (Å²) >= 11 is 0. The van der Waals surface area contributed by atoms with Gasteiger partial charge in [0.1, 0.15) is 10.6 Å². The summed E-state index contributed by atoms with van der Waals surface area (Å²) in [5.74, 6) is 0.297. The maximum atomic E-state index is 11.9. The number of hydrogen-bond acceptors (Lipinski definition) is 5. The van der Waals surface area contributed by atoms with Crippen LogP contribution < -0.4 is 10.5 Å². The van der Waals surface area contributed by atoms with Gasteiger partial charge in [-0.3, -0.25) is 0 Å². The Morgan fingerprint density at radius 2 is 2.06 bits per heavy atom. The molecule has 1 heterocycles. The molecular weight excluding hydrogens is 266 g/mol. The zero-order valence-electron chi connectivity index (χ0n) is 10.1. The minimum atomic E-state index is -3.54. The van der Waals surface area contributed by atoms with E-state index >= 15 is 0 Å². The van der Waals surface area contributed by atoms with Crippen LogP contribution in [0, 0.1) is 13.8 Å². The van der Waals surface area contributed by atoms with Gasteiger partial charge in [-0.05, 0) is 27.2 Å². The maximum Gasteiger partial charge on any atom is 0.245 e. The second-order valence-corrected chi connectivity index (χ2v) is 5.52. The van der Waals surface area contributed by atoms with E-state index in [0.717, 1.165) is 0 Å². The first-order chi connectivity index (χ1) is 7.34. The lowest BCUT2D eigenvalue weighted by molar-refractivity contribution is 0.390. The summed E-state index contributed by atoms with van der Waals surface area (Å²) < 4.78 is 31.0. The van der Waals surface area contributed by atoms with Gasteiger partial charge < -0.3 is 10.3 Å². The van der Waals surface area contributed by atoms with E-state index in [1.54, 1.807) is 13.8 Å². The van der Waals surface area contributed by atoms with Gasteiger partial charge in [0.15, 0.2) is 5.76 Å². The van der Waals surface area contributed by atoms with Crippen molar-refractivity contribution in [1.29, 1.82) is 0 Å². The van der Waals surface area contributed by atoms with Crippen molar-refractivity contribution in [3.05, 3.63) is 11.5 Å². The highest BCUT2D eigenvalue weighted by molar-refractivity contribution is 7.89. The molecule has 1 rings (SSSR count). The molecule has 0 aliphatic carbocycles. The fourth-order valence-corrected chi connectivity index (χ4v) is 2.72. The van der Waals surface area contributed by atoms with E-state index in [1.807, 2.05) is 6.92 Å². The summed E-state index contributed by atoms with van der Waals surface area (Å²) in [6, 6.07) is -0.0348. The lowest BCUT2D eigenvalue weighted by atomic mass is 10.3. The van der Waals surface area contributed by atoms with E-state index in [9.17, 15) is 8.42 Å². The van der Waals surface area contributed by atoms with Crippen molar-refractivity contribution in [3.63, 3.8) is 0 Å². The maximum absolute atomic E-state index is 11.9. The second kappa shape index (κ2) is 6.34. The van der Waals surface area contributed by atoms with Crippen molar-refractivity contribution in [2.45, 2.75) is 38.1 Å². The molecular formula is C9H18ClN3O3S. The molecule has 0 saturated heterocycles. The molecule has 6 nitrogen and oxygen atoms in total. The van der Waals surface area contributed by atoms with Gasteiger partial charge in [0, 0.05) is 12.6 Å². The number of nitrogens with two attached hydrogens (primary N) is 1. The van der Waals surface area contributed by atoms with Crippen LogP contribution in [0.5, 0.6) is 0 Å². The number of rotatable bonds is 5. The number of nitrogens with one attached hydrogen (secondary N) is 1. The summed E-state index contributed by atoms with van der Waals surface area (Å²) in [6.45, 7) is 5.30. The molecule has 1 aromatic rings. The number of aryl methyl sites for hydroxylation is 2. The zero-order chi connectivity index (χ0) is 12.3. The number of hydrogen-bond donors (Lipinski definition) is 2. The molecule has 0 aliphatic rings. The molecule has 1 aromatic heterocycles. The first-order valence-corrected chi connectivity index (χ1v) is 6.51. The average molecular weight is 284 g/mol. The van der Waals surface area contributed by atoms with Crippen LogP contribution in [0.15, 0.2) is 9.42 Å². The Hall–Kier alpha value is -0.630. The molecule has 8 heteroatoms. The van der Waals surface area contributed by atoms with Crippen LogP contribution in [0.1, 0.15) is 24.8 Å². The molecule has 100 valence electrons. The number of halogens is 1. The van der Waals surface area contributed by atoms with Crippen LogP contribution in [0.2, 0.25) is 0 Å². The van der Waals surface area contributed by atoms with Crippen molar-refractivity contribution in [3.8, 4) is 0 Å². The Bertz CT molecular complexity index is 437. The van der Waals surface area contributed by atoms with Crippen LogP contribution in [-0.4, -0.2) is 26.2 Å². The standard InChI is InChI=1S/C9H17N3O3S.ClH/c1-6(10)4-5-11-16(13,14)9-7(2)12-15-8(9)3;/h6,11H,4-5,10H2,1-3H3;1H. The Labute approximate surface area is 107 Å². The van der Waals surface area contributed by atoms with Crippen LogP contribution in [0.4, 0.5) is 0 Å². The molecule has 0 aromatic carbocycles. The minimum absolute atomic E-state index is 0. The van der Waals surface area contributed by atoms with E-state index < -0.39 is 10.0 Å². The average Bonchev–Trinajstić information content (AvgIpc) is 2.45. The lowest BCUT2D eigenvalue weighted by Crippen LogP contribution is -2.29. The normalized spacial score (nSPS) is 13.2. The molecule has 17 heavy (non-hydrogen) atoms. The molecule has 0 saturated carbocycles. The lowest BCUT2D eigenvalue weighted by Gasteiger charge is -2.07. The molecule has 0 aliphatic heterocycles. The molecule has 0 radical (unpaired) electrons. The van der Waals surface area contributed by atoms with E-state index in [-0.39, 0.29) is 23.3 Å². The highest BCUT2D eigenvalue weighted by Crippen LogP contribution is 2.18. The minimum Gasteiger partial charge on any atom is -0.360 e. The summed E-state index contributed by atoms with van der Waals surface area (Å²) in [5, 5.41) is 3.61. The fraction of sp³-hybridized carbons (Fsp3) is 0.667. The van der Waals surface area contributed by atoms with Gasteiger partial charge >= 0.3 is 0 Å². The van der Waals surface area contributed by atoms with Crippen molar-refractivity contribution in [2.75, 3.05) is 6.54 Å². The zero-order valence-corrected chi connectivity index (χ0v) is 11.7. The Morgan fingerprint density at radius 1 is 1.47 bits per heavy atom. The third kappa shape index (κ3) is 4.27. The Morgan fingerprint density at radius 3 is 2.47 bits per heavy atom. The van der Waals surface area contributed by atoms with Crippen molar-refractivity contribution >= 4 is 22.4 Å². The van der Waals surface area contributed by atoms with E-state index in [0.29, 0.717) is 24.4 Å². The third-order valence-electron chi connectivity index (χ3n) is 2.13. The smallest absolute Gasteiger partial charge is 0.245 e. The van der Waals surface area contributed by atoms with Crippen LogP contribution >= 0.6 is 12.4 Å². The summed E-state index contributed by atoms with van der Waals surface area (Å²) in [5.41, 5.74) is 5.90. The molecule has 1 atom stereocenters. The van der Waals surface area contributed by atoms with Gasteiger partial charge in [-0.1, -0.05) is 5.16 Å². The molecule has 0 bridgehead atoms. The first-order valence-electron chi connectivity index (χ1n) is 5.02. The third-order valence-corrected chi connectivity index (χ3v) is 3.83. The quantitative estimate of drug-likeness (QED) is 0.830. The molecule has 0 fully saturated rings. The Balaban J connectivity index is 0.00000256. The summed E-state index contributed by atoms with van der Waals surface area (Å²) in [4.78, 5) is 0.122. The van der Waals surface area contributed by atoms with Gasteiger partial charge in [-0.2, -0.15) is 0 Å². The largest absolute Gasteiger partial charge is 0.360 e. The molecule has 3 N–H and O–H groups in total. The fourth-order valence-electron chi connectivity index (χ4n) is 1.35. The van der Waals surface area contributed by atoms with E-state index in [4.69, 9.17) is 10.3 Å².